The van der Waals surface area contributed by atoms with E-state index in [2.05, 4.69) is 5.32 Å². The molecule has 1 aromatic carbocycles. The van der Waals surface area contributed by atoms with Crippen molar-refractivity contribution >= 4 is 17.7 Å². The molecule has 2 amide bonds. The van der Waals surface area contributed by atoms with Gasteiger partial charge in [-0.2, -0.15) is 0 Å². The Morgan fingerprint density at radius 3 is 2.62 bits per heavy atom. The minimum absolute atomic E-state index is 0.296. The lowest BCUT2D eigenvalue weighted by molar-refractivity contribution is -0.118. The Hall–Kier alpha value is -2.24. The number of nitrogens with one attached hydrogen (secondary N) is 1. The quantitative estimate of drug-likeness (QED) is 0.887. The minimum atomic E-state index is -0.503. The molecule has 0 unspecified atom stereocenters. The summed E-state index contributed by atoms with van der Waals surface area (Å²) in [6.45, 7) is 8.64. The third-order valence-corrected chi connectivity index (χ3v) is 3.96. The second-order valence-electron chi connectivity index (χ2n) is 7.14. The molecule has 132 valence electrons. The zero-order valence-corrected chi connectivity index (χ0v) is 14.9. The summed E-state index contributed by atoms with van der Waals surface area (Å²) in [7, 11) is 0. The Balaban J connectivity index is 2.11. The molecule has 6 nitrogen and oxygen atoms in total. The predicted octanol–water partition coefficient (Wildman–Crippen LogP) is 2.66. The molecule has 1 aliphatic heterocycles. The van der Waals surface area contributed by atoms with Crippen LogP contribution >= 0.6 is 0 Å². The number of ether oxygens (including phenoxy) is 1. The van der Waals surface area contributed by atoms with Crippen molar-refractivity contribution in [2.45, 2.75) is 58.7 Å². The summed E-state index contributed by atoms with van der Waals surface area (Å²) in [4.78, 5) is 25.3. The van der Waals surface area contributed by atoms with Gasteiger partial charge in [0.15, 0.2) is 0 Å². The molecule has 1 aromatic rings. The van der Waals surface area contributed by atoms with E-state index in [-0.39, 0.29) is 12.0 Å². The fourth-order valence-corrected chi connectivity index (χ4v) is 2.70. The number of nitrogens with zero attached hydrogens (tertiary/aromatic N) is 1. The number of nitrogens with two attached hydrogens (primary N) is 1. The van der Waals surface area contributed by atoms with Crippen molar-refractivity contribution in [3.63, 3.8) is 0 Å². The first kappa shape index (κ1) is 18.1. The van der Waals surface area contributed by atoms with Gasteiger partial charge in [0.25, 0.3) is 0 Å². The second-order valence-corrected chi connectivity index (χ2v) is 7.14. The maximum absolute atomic E-state index is 12.2. The Morgan fingerprint density at radius 2 is 2.04 bits per heavy atom. The van der Waals surface area contributed by atoms with E-state index >= 15 is 0 Å². The van der Waals surface area contributed by atoms with E-state index < -0.39 is 11.6 Å². The number of fused-ring (bicyclic) bond motifs is 1. The van der Waals surface area contributed by atoms with Crippen molar-refractivity contribution in [2.75, 3.05) is 11.9 Å². The molecular weight excluding hydrogens is 306 g/mol. The fraction of sp³-hybridized carbons (Fsp3) is 0.556. The van der Waals surface area contributed by atoms with Crippen molar-refractivity contribution in [1.29, 1.82) is 0 Å². The molecule has 0 bridgehead atoms. The summed E-state index contributed by atoms with van der Waals surface area (Å²) in [6, 6.07) is 5.58. The monoisotopic (exact) mass is 333 g/mol. The van der Waals surface area contributed by atoms with Gasteiger partial charge in [-0.25, -0.2) is 4.79 Å². The van der Waals surface area contributed by atoms with E-state index in [4.69, 9.17) is 10.5 Å². The molecule has 3 N–H and O–H groups in total. The molecule has 0 radical (unpaired) electrons. The summed E-state index contributed by atoms with van der Waals surface area (Å²) in [5.74, 6) is -0.370. The van der Waals surface area contributed by atoms with E-state index in [1.807, 2.05) is 45.9 Å². The number of hydrogen-bond acceptors (Lipinski definition) is 4. The average Bonchev–Trinajstić information content (AvgIpc) is 2.49. The standard InChI is InChI=1S/C18H27N3O3/c1-5-15(16(19)22)20-14-7-6-12-8-9-21(11-13(12)10-14)17(23)24-18(2,3)4/h6-7,10,15,20H,5,8-9,11H2,1-4H3,(H2,19,22)/t15-/m0/s1. The van der Waals surface area contributed by atoms with Gasteiger partial charge in [-0.15, -0.1) is 0 Å². The van der Waals surface area contributed by atoms with Crippen LogP contribution in [-0.4, -0.2) is 35.1 Å². The zero-order chi connectivity index (χ0) is 17.9. The number of carbonyl (C=O) groups excluding carboxylic acids is 2. The van der Waals surface area contributed by atoms with Gasteiger partial charge in [0.1, 0.15) is 11.6 Å². The number of hydrogen-bond donors (Lipinski definition) is 2. The van der Waals surface area contributed by atoms with Crippen LogP contribution in [-0.2, 0) is 22.5 Å². The normalized spacial score (nSPS) is 15.4. The maximum Gasteiger partial charge on any atom is 0.410 e. The molecule has 6 heteroatoms. The molecule has 24 heavy (non-hydrogen) atoms. The number of anilines is 1. The molecule has 0 saturated heterocycles. The lowest BCUT2D eigenvalue weighted by Gasteiger charge is -2.31. The molecule has 0 aliphatic carbocycles. The van der Waals surface area contributed by atoms with Gasteiger partial charge in [-0.1, -0.05) is 13.0 Å². The van der Waals surface area contributed by atoms with Gasteiger partial charge in [0, 0.05) is 18.8 Å². The number of primary amides is 1. The molecule has 1 aliphatic rings. The lowest BCUT2D eigenvalue weighted by atomic mass is 9.99. The third-order valence-electron chi connectivity index (χ3n) is 3.96. The highest BCUT2D eigenvalue weighted by Gasteiger charge is 2.26. The smallest absolute Gasteiger partial charge is 0.410 e. The van der Waals surface area contributed by atoms with Crippen molar-refractivity contribution in [3.8, 4) is 0 Å². The van der Waals surface area contributed by atoms with Crippen LogP contribution < -0.4 is 11.1 Å². The van der Waals surface area contributed by atoms with Crippen molar-refractivity contribution in [2.24, 2.45) is 5.73 Å². The fourth-order valence-electron chi connectivity index (χ4n) is 2.70. The molecule has 1 atom stereocenters. The Morgan fingerprint density at radius 1 is 1.33 bits per heavy atom. The van der Waals surface area contributed by atoms with Crippen LogP contribution in [0, 0.1) is 0 Å². The highest BCUT2D eigenvalue weighted by atomic mass is 16.6. The molecule has 0 aromatic heterocycles. The number of benzene rings is 1. The van der Waals surface area contributed by atoms with Crippen LogP contribution in [0.4, 0.5) is 10.5 Å². The van der Waals surface area contributed by atoms with Gasteiger partial charge >= 0.3 is 6.09 Å². The summed E-state index contributed by atoms with van der Waals surface area (Å²) in [6.07, 6.45) is 1.12. The topological polar surface area (TPSA) is 84.7 Å². The van der Waals surface area contributed by atoms with Crippen LogP contribution in [0.3, 0.4) is 0 Å². The van der Waals surface area contributed by atoms with Crippen molar-refractivity contribution < 1.29 is 14.3 Å². The summed E-state index contributed by atoms with van der Waals surface area (Å²) >= 11 is 0. The third kappa shape index (κ3) is 4.63. The Labute approximate surface area is 143 Å². The molecule has 2 rings (SSSR count). The highest BCUT2D eigenvalue weighted by molar-refractivity contribution is 5.83. The summed E-state index contributed by atoms with van der Waals surface area (Å²) in [5, 5.41) is 3.15. The number of rotatable bonds is 4. The SMILES string of the molecule is CC[C@H](Nc1ccc2c(c1)CN(C(=O)OC(C)(C)C)CC2)C(N)=O. The van der Waals surface area contributed by atoms with E-state index in [0.717, 1.165) is 17.7 Å². The van der Waals surface area contributed by atoms with E-state index in [1.165, 1.54) is 5.56 Å². The lowest BCUT2D eigenvalue weighted by Crippen LogP contribution is -2.40. The maximum atomic E-state index is 12.2. The number of amides is 2. The first-order chi connectivity index (χ1) is 11.2. The van der Waals surface area contributed by atoms with Crippen LogP contribution in [0.25, 0.3) is 0 Å². The first-order valence-electron chi connectivity index (χ1n) is 8.35. The van der Waals surface area contributed by atoms with Gasteiger partial charge in [-0.05, 0) is 56.9 Å². The zero-order valence-electron chi connectivity index (χ0n) is 14.9. The van der Waals surface area contributed by atoms with E-state index in [1.54, 1.807) is 4.90 Å². The van der Waals surface area contributed by atoms with E-state index in [9.17, 15) is 9.59 Å². The van der Waals surface area contributed by atoms with Crippen LogP contribution in [0.1, 0.15) is 45.2 Å². The molecule has 0 fully saturated rings. The molecular formula is C18H27N3O3. The van der Waals surface area contributed by atoms with Crippen LogP contribution in [0.15, 0.2) is 18.2 Å². The van der Waals surface area contributed by atoms with Crippen molar-refractivity contribution in [3.05, 3.63) is 29.3 Å². The minimum Gasteiger partial charge on any atom is -0.444 e. The van der Waals surface area contributed by atoms with Crippen molar-refractivity contribution in [1.82, 2.24) is 4.90 Å². The molecule has 1 heterocycles. The average molecular weight is 333 g/mol. The van der Waals surface area contributed by atoms with Crippen LogP contribution in [0.5, 0.6) is 0 Å². The largest absolute Gasteiger partial charge is 0.444 e. The van der Waals surface area contributed by atoms with Gasteiger partial charge in [-0.3, -0.25) is 4.79 Å². The predicted molar refractivity (Wildman–Crippen MR) is 93.7 cm³/mol. The summed E-state index contributed by atoms with van der Waals surface area (Å²) in [5.41, 5.74) is 8.00. The van der Waals surface area contributed by atoms with E-state index in [0.29, 0.717) is 19.5 Å². The van der Waals surface area contributed by atoms with Gasteiger partial charge < -0.3 is 20.7 Å². The summed E-state index contributed by atoms with van der Waals surface area (Å²) < 4.78 is 5.45. The Kier molecular flexibility index (Phi) is 5.36. The number of carbonyl (C=O) groups is 2. The van der Waals surface area contributed by atoms with Gasteiger partial charge in [0.05, 0.1) is 0 Å². The first-order valence-corrected chi connectivity index (χ1v) is 8.35. The van der Waals surface area contributed by atoms with Crippen LogP contribution in [0.2, 0.25) is 0 Å². The molecule has 0 saturated carbocycles. The highest BCUT2D eigenvalue weighted by Crippen LogP contribution is 2.24. The second kappa shape index (κ2) is 7.11. The van der Waals surface area contributed by atoms with Gasteiger partial charge in [0.2, 0.25) is 5.91 Å². The Bertz CT molecular complexity index is 622. The molecule has 0 spiro atoms.